The van der Waals surface area contributed by atoms with Crippen LogP contribution in [0, 0.1) is 11.8 Å². The van der Waals surface area contributed by atoms with Gasteiger partial charge in [-0.3, -0.25) is 9.59 Å². The Labute approximate surface area is 103 Å². The standard InChI is InChI=1S/C13H23NO3/c1-4-6-7-14(9(3)5-2)12(15)10-8-11(10)13(16)17/h9-11H,4-8H2,1-3H3,(H,16,17). The van der Waals surface area contributed by atoms with Crippen LogP contribution in [-0.4, -0.2) is 34.5 Å². The number of carbonyl (C=O) groups is 2. The number of carboxylic acids is 1. The summed E-state index contributed by atoms with van der Waals surface area (Å²) >= 11 is 0. The number of nitrogens with zero attached hydrogens (tertiary/aromatic N) is 1. The average molecular weight is 241 g/mol. The van der Waals surface area contributed by atoms with Crippen molar-refractivity contribution >= 4 is 11.9 Å². The highest BCUT2D eigenvalue weighted by Gasteiger charge is 2.50. The molecule has 4 nitrogen and oxygen atoms in total. The van der Waals surface area contributed by atoms with E-state index >= 15 is 0 Å². The molecule has 0 heterocycles. The number of unbranched alkanes of at least 4 members (excludes halogenated alkanes) is 1. The van der Waals surface area contributed by atoms with Crippen molar-refractivity contribution in [1.82, 2.24) is 4.90 Å². The van der Waals surface area contributed by atoms with Crippen LogP contribution in [0.15, 0.2) is 0 Å². The number of rotatable bonds is 7. The molecule has 0 aromatic heterocycles. The first-order valence-electron chi connectivity index (χ1n) is 6.56. The lowest BCUT2D eigenvalue weighted by atomic mass is 10.1. The Kier molecular flexibility index (Phi) is 4.97. The number of hydrogen-bond donors (Lipinski definition) is 1. The lowest BCUT2D eigenvalue weighted by molar-refractivity contribution is -0.142. The van der Waals surface area contributed by atoms with Crippen LogP contribution in [0.3, 0.4) is 0 Å². The molecule has 0 aliphatic heterocycles. The summed E-state index contributed by atoms with van der Waals surface area (Å²) < 4.78 is 0. The molecule has 0 radical (unpaired) electrons. The van der Waals surface area contributed by atoms with Crippen molar-refractivity contribution in [1.29, 1.82) is 0 Å². The summed E-state index contributed by atoms with van der Waals surface area (Å²) in [5.41, 5.74) is 0. The van der Waals surface area contributed by atoms with Crippen LogP contribution in [0.25, 0.3) is 0 Å². The molecular weight excluding hydrogens is 218 g/mol. The number of carbonyl (C=O) groups excluding carboxylic acids is 1. The Morgan fingerprint density at radius 3 is 2.41 bits per heavy atom. The normalized spacial score (nSPS) is 24.2. The van der Waals surface area contributed by atoms with E-state index in [9.17, 15) is 9.59 Å². The summed E-state index contributed by atoms with van der Waals surface area (Å²) in [6, 6.07) is 0.212. The van der Waals surface area contributed by atoms with Gasteiger partial charge >= 0.3 is 5.97 Å². The second-order valence-corrected chi connectivity index (χ2v) is 4.93. The zero-order valence-corrected chi connectivity index (χ0v) is 11.0. The third-order valence-corrected chi connectivity index (χ3v) is 3.58. The molecule has 98 valence electrons. The minimum absolute atomic E-state index is 0.0419. The SMILES string of the molecule is CCCCN(C(=O)C1CC1C(=O)O)C(C)CC. The first kappa shape index (κ1) is 14.0. The molecule has 3 unspecified atom stereocenters. The molecule has 4 heteroatoms. The van der Waals surface area contributed by atoms with E-state index in [1.165, 1.54) is 0 Å². The predicted molar refractivity (Wildman–Crippen MR) is 65.6 cm³/mol. The summed E-state index contributed by atoms with van der Waals surface area (Å²) in [4.78, 5) is 24.8. The summed E-state index contributed by atoms with van der Waals surface area (Å²) in [6.45, 7) is 6.94. The van der Waals surface area contributed by atoms with Crippen LogP contribution in [0.1, 0.15) is 46.5 Å². The van der Waals surface area contributed by atoms with Crippen molar-refractivity contribution in [3.8, 4) is 0 Å². The van der Waals surface area contributed by atoms with Crippen LogP contribution in [-0.2, 0) is 9.59 Å². The Morgan fingerprint density at radius 2 is 2.00 bits per heavy atom. The zero-order valence-electron chi connectivity index (χ0n) is 11.0. The van der Waals surface area contributed by atoms with Crippen LogP contribution >= 0.6 is 0 Å². The molecule has 0 bridgehead atoms. The summed E-state index contributed by atoms with van der Waals surface area (Å²) in [6.07, 6.45) is 3.47. The van der Waals surface area contributed by atoms with Gasteiger partial charge in [-0.1, -0.05) is 20.3 Å². The van der Waals surface area contributed by atoms with Gasteiger partial charge in [0.15, 0.2) is 0 Å². The minimum atomic E-state index is -0.831. The third-order valence-electron chi connectivity index (χ3n) is 3.58. The molecule has 0 saturated heterocycles. The van der Waals surface area contributed by atoms with Gasteiger partial charge in [-0.05, 0) is 26.2 Å². The Hall–Kier alpha value is -1.06. The highest BCUT2D eigenvalue weighted by molar-refractivity contribution is 5.89. The maximum absolute atomic E-state index is 12.2. The molecule has 3 atom stereocenters. The van der Waals surface area contributed by atoms with Gasteiger partial charge in [0.1, 0.15) is 0 Å². The third kappa shape index (κ3) is 3.45. The molecule has 1 saturated carbocycles. The van der Waals surface area contributed by atoms with E-state index < -0.39 is 11.9 Å². The highest BCUT2D eigenvalue weighted by Crippen LogP contribution is 2.40. The molecule has 1 N–H and O–H groups in total. The van der Waals surface area contributed by atoms with Gasteiger partial charge < -0.3 is 10.0 Å². The quantitative estimate of drug-likeness (QED) is 0.743. The monoisotopic (exact) mass is 241 g/mol. The largest absolute Gasteiger partial charge is 0.481 e. The molecule has 17 heavy (non-hydrogen) atoms. The minimum Gasteiger partial charge on any atom is -0.481 e. The average Bonchev–Trinajstić information content (AvgIpc) is 3.08. The van der Waals surface area contributed by atoms with Crippen LogP contribution in [0.4, 0.5) is 0 Å². The smallest absolute Gasteiger partial charge is 0.307 e. The molecule has 1 aliphatic rings. The van der Waals surface area contributed by atoms with E-state index in [1.54, 1.807) is 0 Å². The number of amides is 1. The fraction of sp³-hybridized carbons (Fsp3) is 0.846. The second kappa shape index (κ2) is 6.03. The lowest BCUT2D eigenvalue weighted by Crippen LogP contribution is -2.40. The second-order valence-electron chi connectivity index (χ2n) is 4.93. The number of aliphatic carboxylic acids is 1. The van der Waals surface area contributed by atoms with Crippen LogP contribution < -0.4 is 0 Å². The number of hydrogen-bond acceptors (Lipinski definition) is 2. The van der Waals surface area contributed by atoms with Crippen molar-refractivity contribution in [3.05, 3.63) is 0 Å². The van der Waals surface area contributed by atoms with E-state index in [0.717, 1.165) is 25.8 Å². The first-order chi connectivity index (χ1) is 8.02. The fourth-order valence-corrected chi connectivity index (χ4v) is 2.05. The van der Waals surface area contributed by atoms with Crippen molar-refractivity contribution < 1.29 is 14.7 Å². The fourth-order valence-electron chi connectivity index (χ4n) is 2.05. The Balaban J connectivity index is 2.58. The maximum atomic E-state index is 12.2. The molecule has 1 amide bonds. The van der Waals surface area contributed by atoms with E-state index in [1.807, 2.05) is 11.8 Å². The van der Waals surface area contributed by atoms with Gasteiger partial charge in [0.25, 0.3) is 0 Å². The van der Waals surface area contributed by atoms with Crippen molar-refractivity contribution in [2.45, 2.75) is 52.5 Å². The molecule has 0 aromatic carbocycles. The van der Waals surface area contributed by atoms with Gasteiger partial charge in [0.2, 0.25) is 5.91 Å². The molecule has 0 aromatic rings. The van der Waals surface area contributed by atoms with Crippen molar-refractivity contribution in [3.63, 3.8) is 0 Å². The molecule has 1 aliphatic carbocycles. The highest BCUT2D eigenvalue weighted by atomic mass is 16.4. The van der Waals surface area contributed by atoms with Gasteiger partial charge in [0.05, 0.1) is 11.8 Å². The van der Waals surface area contributed by atoms with Gasteiger partial charge in [0, 0.05) is 12.6 Å². The van der Waals surface area contributed by atoms with Gasteiger partial charge in [-0.15, -0.1) is 0 Å². The van der Waals surface area contributed by atoms with E-state index in [-0.39, 0.29) is 17.9 Å². The van der Waals surface area contributed by atoms with E-state index in [4.69, 9.17) is 5.11 Å². The number of carboxylic acid groups (broad SMARTS) is 1. The van der Waals surface area contributed by atoms with E-state index in [0.29, 0.717) is 6.42 Å². The van der Waals surface area contributed by atoms with E-state index in [2.05, 4.69) is 13.8 Å². The maximum Gasteiger partial charge on any atom is 0.307 e. The molecule has 0 spiro atoms. The summed E-state index contributed by atoms with van der Waals surface area (Å²) in [5.74, 6) is -1.49. The summed E-state index contributed by atoms with van der Waals surface area (Å²) in [5, 5.41) is 8.86. The first-order valence-corrected chi connectivity index (χ1v) is 6.56. The molecular formula is C13H23NO3. The molecule has 1 rings (SSSR count). The topological polar surface area (TPSA) is 57.6 Å². The van der Waals surface area contributed by atoms with Gasteiger partial charge in [-0.2, -0.15) is 0 Å². The van der Waals surface area contributed by atoms with Crippen LogP contribution in [0.5, 0.6) is 0 Å². The van der Waals surface area contributed by atoms with Crippen LogP contribution in [0.2, 0.25) is 0 Å². The van der Waals surface area contributed by atoms with Crippen molar-refractivity contribution in [2.75, 3.05) is 6.54 Å². The Morgan fingerprint density at radius 1 is 1.35 bits per heavy atom. The zero-order chi connectivity index (χ0) is 13.0. The Bertz CT molecular complexity index is 290. The predicted octanol–water partition coefficient (Wildman–Crippen LogP) is 2.13. The van der Waals surface area contributed by atoms with Gasteiger partial charge in [-0.25, -0.2) is 0 Å². The lowest BCUT2D eigenvalue weighted by Gasteiger charge is -2.28. The summed E-state index contributed by atoms with van der Waals surface area (Å²) in [7, 11) is 0. The molecule has 1 fully saturated rings. The van der Waals surface area contributed by atoms with Crippen molar-refractivity contribution in [2.24, 2.45) is 11.8 Å².